The number of imide groups is 1. The molecular weight excluding hydrogens is 250 g/mol. The number of rotatable bonds is 2. The van der Waals surface area contributed by atoms with Crippen molar-refractivity contribution in [2.45, 2.75) is 25.9 Å². The molecule has 1 aromatic rings. The molecule has 0 spiro atoms. The molecule has 0 saturated heterocycles. The van der Waals surface area contributed by atoms with E-state index in [1.807, 2.05) is 6.92 Å². The minimum atomic E-state index is -0.458. The Kier molecular flexibility index (Phi) is 3.98. The van der Waals surface area contributed by atoms with Crippen molar-refractivity contribution in [1.29, 1.82) is 0 Å². The van der Waals surface area contributed by atoms with E-state index >= 15 is 0 Å². The van der Waals surface area contributed by atoms with Crippen LogP contribution in [0.25, 0.3) is 0 Å². The Bertz CT molecular complexity index is 458. The Balaban J connectivity index is 1.96. The molecule has 0 unspecified atom stereocenters. The summed E-state index contributed by atoms with van der Waals surface area (Å²) in [5.74, 6) is -0.256. The molecule has 98 valence electrons. The van der Waals surface area contributed by atoms with Gasteiger partial charge in [-0.2, -0.15) is 0 Å². The molecule has 18 heavy (non-hydrogen) atoms. The van der Waals surface area contributed by atoms with Crippen molar-refractivity contribution < 1.29 is 9.59 Å². The van der Waals surface area contributed by atoms with Gasteiger partial charge in [0, 0.05) is 25.0 Å². The van der Waals surface area contributed by atoms with Crippen LogP contribution in [0.15, 0.2) is 11.4 Å². The van der Waals surface area contributed by atoms with E-state index in [1.165, 1.54) is 17.5 Å². The number of fused-ring (bicyclic) bond motifs is 1. The fraction of sp³-hybridized carbons (Fsp3) is 0.500. The van der Waals surface area contributed by atoms with E-state index in [9.17, 15) is 9.59 Å². The number of thiophene rings is 1. The number of carbonyl (C=O) groups is 2. The first-order valence-electron chi connectivity index (χ1n) is 5.93. The van der Waals surface area contributed by atoms with Gasteiger partial charge < -0.3 is 5.32 Å². The van der Waals surface area contributed by atoms with E-state index in [-0.39, 0.29) is 11.9 Å². The summed E-state index contributed by atoms with van der Waals surface area (Å²) in [4.78, 5) is 26.5. The van der Waals surface area contributed by atoms with Crippen molar-refractivity contribution in [2.24, 2.45) is 0 Å². The molecule has 2 heterocycles. The van der Waals surface area contributed by atoms with Gasteiger partial charge in [0.2, 0.25) is 5.91 Å². The zero-order valence-electron chi connectivity index (χ0n) is 10.5. The maximum absolute atomic E-state index is 11.9. The molecule has 0 aliphatic carbocycles. The lowest BCUT2D eigenvalue weighted by molar-refractivity contribution is -0.125. The number of hydrogen-bond donors (Lipinski definition) is 2. The Morgan fingerprint density at radius 2 is 2.28 bits per heavy atom. The van der Waals surface area contributed by atoms with Crippen LogP contribution in [0.3, 0.4) is 0 Å². The van der Waals surface area contributed by atoms with Crippen LogP contribution in [0.4, 0.5) is 4.79 Å². The maximum atomic E-state index is 11.9. The summed E-state index contributed by atoms with van der Waals surface area (Å²) in [7, 11) is 1.49. The molecule has 2 N–H and O–H groups in total. The number of urea groups is 1. The van der Waals surface area contributed by atoms with Crippen LogP contribution in [0.1, 0.15) is 17.4 Å². The Labute approximate surface area is 110 Å². The molecule has 0 radical (unpaired) electrons. The average Bonchev–Trinajstić information content (AvgIpc) is 2.84. The van der Waals surface area contributed by atoms with Crippen LogP contribution < -0.4 is 10.6 Å². The van der Waals surface area contributed by atoms with E-state index < -0.39 is 6.03 Å². The number of carbonyl (C=O) groups excluding carboxylic acids is 2. The van der Waals surface area contributed by atoms with Crippen molar-refractivity contribution in [2.75, 3.05) is 13.6 Å². The molecule has 1 atom stereocenters. The smallest absolute Gasteiger partial charge is 0.321 e. The summed E-state index contributed by atoms with van der Waals surface area (Å²) in [5.41, 5.74) is 1.30. The first kappa shape index (κ1) is 13.0. The van der Waals surface area contributed by atoms with Gasteiger partial charge in [-0.1, -0.05) is 0 Å². The van der Waals surface area contributed by atoms with Gasteiger partial charge >= 0.3 is 6.03 Å². The van der Waals surface area contributed by atoms with E-state index in [0.29, 0.717) is 0 Å². The van der Waals surface area contributed by atoms with Crippen molar-refractivity contribution in [3.8, 4) is 0 Å². The fourth-order valence-electron chi connectivity index (χ4n) is 2.05. The van der Waals surface area contributed by atoms with Gasteiger partial charge in [-0.05, 0) is 30.4 Å². The summed E-state index contributed by atoms with van der Waals surface area (Å²) in [6.07, 6.45) is 0.977. The topological polar surface area (TPSA) is 61.4 Å². The lowest BCUT2D eigenvalue weighted by Gasteiger charge is -2.31. The minimum Gasteiger partial charge on any atom is -0.341 e. The van der Waals surface area contributed by atoms with E-state index in [2.05, 4.69) is 27.0 Å². The van der Waals surface area contributed by atoms with Gasteiger partial charge in [-0.15, -0.1) is 11.3 Å². The quantitative estimate of drug-likeness (QED) is 0.838. The first-order valence-corrected chi connectivity index (χ1v) is 6.81. The third-order valence-electron chi connectivity index (χ3n) is 3.23. The van der Waals surface area contributed by atoms with E-state index in [1.54, 1.807) is 11.3 Å². The van der Waals surface area contributed by atoms with Crippen molar-refractivity contribution in [3.05, 3.63) is 21.9 Å². The number of nitrogens with zero attached hydrogens (tertiary/aromatic N) is 1. The van der Waals surface area contributed by atoms with Crippen molar-refractivity contribution in [3.63, 3.8) is 0 Å². The largest absolute Gasteiger partial charge is 0.341 e. The van der Waals surface area contributed by atoms with Crippen molar-refractivity contribution in [1.82, 2.24) is 15.5 Å². The number of amides is 3. The van der Waals surface area contributed by atoms with E-state index in [4.69, 9.17) is 0 Å². The van der Waals surface area contributed by atoms with Gasteiger partial charge in [-0.3, -0.25) is 15.0 Å². The Morgan fingerprint density at radius 1 is 1.50 bits per heavy atom. The second kappa shape index (κ2) is 5.49. The van der Waals surface area contributed by atoms with Gasteiger partial charge in [-0.25, -0.2) is 4.79 Å². The SMILES string of the molecule is CNC(=O)NC(=O)[C@H](C)N1CCc2sccc2C1. The van der Waals surface area contributed by atoms with Gasteiger partial charge in [0.1, 0.15) is 0 Å². The van der Waals surface area contributed by atoms with E-state index in [0.717, 1.165) is 19.5 Å². The first-order chi connectivity index (χ1) is 8.61. The highest BCUT2D eigenvalue weighted by atomic mass is 32.1. The molecule has 1 aliphatic heterocycles. The third kappa shape index (κ3) is 2.70. The molecule has 6 heteroatoms. The highest BCUT2D eigenvalue weighted by Crippen LogP contribution is 2.25. The summed E-state index contributed by atoms with van der Waals surface area (Å²) >= 11 is 1.77. The Morgan fingerprint density at radius 3 is 3.00 bits per heavy atom. The average molecular weight is 267 g/mol. The van der Waals surface area contributed by atoms with Crippen LogP contribution in [0.2, 0.25) is 0 Å². The summed E-state index contributed by atoms with van der Waals surface area (Å²) in [6, 6.07) is 1.35. The van der Waals surface area contributed by atoms with Gasteiger partial charge in [0.15, 0.2) is 0 Å². The predicted molar refractivity (Wildman–Crippen MR) is 70.5 cm³/mol. The monoisotopic (exact) mass is 267 g/mol. The van der Waals surface area contributed by atoms with Gasteiger partial charge in [0.05, 0.1) is 6.04 Å². The molecule has 1 aliphatic rings. The molecule has 0 bridgehead atoms. The van der Waals surface area contributed by atoms with Crippen molar-refractivity contribution >= 4 is 23.3 Å². The molecule has 2 rings (SSSR count). The van der Waals surface area contributed by atoms with Crippen LogP contribution in [0.5, 0.6) is 0 Å². The lowest BCUT2D eigenvalue weighted by Crippen LogP contribution is -2.50. The van der Waals surface area contributed by atoms with Gasteiger partial charge in [0.25, 0.3) is 0 Å². The maximum Gasteiger partial charge on any atom is 0.321 e. The third-order valence-corrected chi connectivity index (χ3v) is 4.25. The summed E-state index contributed by atoms with van der Waals surface area (Å²) in [6.45, 7) is 3.46. The zero-order chi connectivity index (χ0) is 13.1. The molecule has 0 aromatic carbocycles. The highest BCUT2D eigenvalue weighted by molar-refractivity contribution is 7.10. The fourth-order valence-corrected chi connectivity index (χ4v) is 2.94. The Hall–Kier alpha value is -1.40. The van der Waals surface area contributed by atoms with Crippen LogP contribution in [-0.4, -0.2) is 36.5 Å². The molecule has 3 amide bonds. The van der Waals surface area contributed by atoms with Crippen LogP contribution >= 0.6 is 11.3 Å². The summed E-state index contributed by atoms with van der Waals surface area (Å²) in [5, 5.41) is 6.78. The number of hydrogen-bond acceptors (Lipinski definition) is 4. The molecule has 0 fully saturated rings. The molecule has 0 saturated carbocycles. The molecule has 1 aromatic heterocycles. The minimum absolute atomic E-state index is 0.256. The highest BCUT2D eigenvalue weighted by Gasteiger charge is 2.26. The summed E-state index contributed by atoms with van der Waals surface area (Å²) < 4.78 is 0. The molecule has 5 nitrogen and oxygen atoms in total. The molecular formula is C12H17N3O2S. The van der Waals surface area contributed by atoms with Crippen LogP contribution in [0, 0.1) is 0 Å². The predicted octanol–water partition coefficient (Wildman–Crippen LogP) is 0.950. The standard InChI is InChI=1S/C12H17N3O2S/c1-8(11(16)14-12(17)13-2)15-5-3-10-9(7-15)4-6-18-10/h4,6,8H,3,5,7H2,1-2H3,(H2,13,14,16,17)/t8-/m0/s1. The lowest BCUT2D eigenvalue weighted by atomic mass is 10.1. The normalized spacial score (nSPS) is 16.8. The number of nitrogens with one attached hydrogen (secondary N) is 2. The zero-order valence-corrected chi connectivity index (χ0v) is 11.3. The van der Waals surface area contributed by atoms with Crippen LogP contribution in [-0.2, 0) is 17.8 Å². The second-order valence-corrected chi connectivity index (χ2v) is 5.33. The second-order valence-electron chi connectivity index (χ2n) is 4.33.